The number of halogens is 1. The second kappa shape index (κ2) is 5.99. The van der Waals surface area contributed by atoms with Crippen molar-refractivity contribution >= 4 is 22.6 Å². The molecule has 1 aliphatic rings. The van der Waals surface area contributed by atoms with Gasteiger partial charge in [-0.05, 0) is 55.3 Å². The van der Waals surface area contributed by atoms with Crippen molar-refractivity contribution < 1.29 is 0 Å². The van der Waals surface area contributed by atoms with Crippen LogP contribution in [0, 0.1) is 6.92 Å². The molecule has 1 atom stereocenters. The number of aromatic nitrogens is 2. The Morgan fingerprint density at radius 3 is 2.87 bits per heavy atom. The molecular formula is C19H20ClN3. The smallest absolute Gasteiger partial charge is 0.111 e. The summed E-state index contributed by atoms with van der Waals surface area (Å²) in [6.45, 7) is 5.27. The van der Waals surface area contributed by atoms with Gasteiger partial charge >= 0.3 is 0 Å². The lowest BCUT2D eigenvalue weighted by Crippen LogP contribution is -2.19. The largest absolute Gasteiger partial charge is 0.342 e. The molecule has 1 fully saturated rings. The van der Waals surface area contributed by atoms with E-state index in [1.54, 1.807) is 0 Å². The molecule has 2 aromatic carbocycles. The highest BCUT2D eigenvalue weighted by atomic mass is 35.5. The van der Waals surface area contributed by atoms with Crippen LogP contribution in [0.2, 0.25) is 5.02 Å². The summed E-state index contributed by atoms with van der Waals surface area (Å²) in [5.74, 6) is 1.62. The highest BCUT2D eigenvalue weighted by Crippen LogP contribution is 2.28. The van der Waals surface area contributed by atoms with Crippen molar-refractivity contribution in [2.45, 2.75) is 25.8 Å². The molecule has 3 aromatic rings. The van der Waals surface area contributed by atoms with Crippen molar-refractivity contribution in [3.63, 3.8) is 0 Å². The highest BCUT2D eigenvalue weighted by Gasteiger charge is 2.26. The minimum Gasteiger partial charge on any atom is -0.342 e. The van der Waals surface area contributed by atoms with Gasteiger partial charge in [-0.1, -0.05) is 29.8 Å². The lowest BCUT2D eigenvalue weighted by atomic mass is 10.1. The van der Waals surface area contributed by atoms with Gasteiger partial charge in [0.15, 0.2) is 0 Å². The van der Waals surface area contributed by atoms with Crippen LogP contribution in [0.4, 0.5) is 0 Å². The molecule has 0 spiro atoms. The lowest BCUT2D eigenvalue weighted by Gasteiger charge is -2.15. The molecule has 1 aliphatic heterocycles. The Bertz CT molecular complexity index is 822. The zero-order valence-electron chi connectivity index (χ0n) is 13.2. The standard InChI is InChI=1S/C19H20ClN3/c1-13-2-7-17-18(10-13)22-19(21-17)15-8-9-23(12-15)11-14-3-5-16(20)6-4-14/h2-7,10,15H,8-9,11-12H2,1H3,(H,21,22)/t15-/m0/s1. The number of hydrogen-bond donors (Lipinski definition) is 1. The van der Waals surface area contributed by atoms with E-state index in [9.17, 15) is 0 Å². The first-order valence-electron chi connectivity index (χ1n) is 8.10. The monoisotopic (exact) mass is 325 g/mol. The van der Waals surface area contributed by atoms with Crippen molar-refractivity contribution in [3.8, 4) is 0 Å². The Morgan fingerprint density at radius 1 is 1.22 bits per heavy atom. The molecule has 0 bridgehead atoms. The molecule has 3 nitrogen and oxygen atoms in total. The molecule has 4 heteroatoms. The average Bonchev–Trinajstić information content (AvgIpc) is 3.15. The molecule has 4 rings (SSSR count). The molecule has 0 radical (unpaired) electrons. The quantitative estimate of drug-likeness (QED) is 0.768. The van der Waals surface area contributed by atoms with E-state index in [0.717, 1.165) is 47.9 Å². The molecule has 1 aromatic heterocycles. The van der Waals surface area contributed by atoms with E-state index in [0.29, 0.717) is 5.92 Å². The summed E-state index contributed by atoms with van der Waals surface area (Å²) in [5.41, 5.74) is 4.80. The third-order valence-electron chi connectivity index (χ3n) is 4.63. The number of aryl methyl sites for hydroxylation is 1. The van der Waals surface area contributed by atoms with Crippen LogP contribution in [0.5, 0.6) is 0 Å². The van der Waals surface area contributed by atoms with Crippen LogP contribution in [0.25, 0.3) is 11.0 Å². The molecule has 23 heavy (non-hydrogen) atoms. The van der Waals surface area contributed by atoms with Crippen molar-refractivity contribution in [1.82, 2.24) is 14.9 Å². The lowest BCUT2D eigenvalue weighted by molar-refractivity contribution is 0.326. The maximum atomic E-state index is 5.96. The van der Waals surface area contributed by atoms with E-state index < -0.39 is 0 Å². The molecule has 2 heterocycles. The third-order valence-corrected chi connectivity index (χ3v) is 4.89. The van der Waals surface area contributed by atoms with E-state index in [1.807, 2.05) is 12.1 Å². The number of likely N-dealkylation sites (tertiary alicyclic amines) is 1. The zero-order chi connectivity index (χ0) is 15.8. The number of hydrogen-bond acceptors (Lipinski definition) is 2. The second-order valence-electron chi connectivity index (χ2n) is 6.49. The highest BCUT2D eigenvalue weighted by molar-refractivity contribution is 6.30. The van der Waals surface area contributed by atoms with E-state index in [-0.39, 0.29) is 0 Å². The summed E-state index contributed by atoms with van der Waals surface area (Å²) < 4.78 is 0. The normalized spacial score (nSPS) is 18.8. The Balaban J connectivity index is 1.47. The number of H-pyrrole nitrogens is 1. The van der Waals surface area contributed by atoms with E-state index in [1.165, 1.54) is 11.1 Å². The molecule has 1 saturated heterocycles. The van der Waals surface area contributed by atoms with Crippen LogP contribution >= 0.6 is 11.6 Å². The van der Waals surface area contributed by atoms with Crippen molar-refractivity contribution in [3.05, 3.63) is 64.4 Å². The molecule has 0 unspecified atom stereocenters. The van der Waals surface area contributed by atoms with Crippen molar-refractivity contribution in [2.24, 2.45) is 0 Å². The van der Waals surface area contributed by atoms with Gasteiger partial charge in [0.1, 0.15) is 5.82 Å². The molecule has 1 N–H and O–H groups in total. The van der Waals surface area contributed by atoms with Gasteiger partial charge < -0.3 is 4.98 Å². The van der Waals surface area contributed by atoms with E-state index >= 15 is 0 Å². The van der Waals surface area contributed by atoms with Crippen molar-refractivity contribution in [1.29, 1.82) is 0 Å². The van der Waals surface area contributed by atoms with Gasteiger partial charge in [-0.25, -0.2) is 4.98 Å². The summed E-state index contributed by atoms with van der Waals surface area (Å²) in [6.07, 6.45) is 1.16. The van der Waals surface area contributed by atoms with Gasteiger partial charge in [0.05, 0.1) is 11.0 Å². The van der Waals surface area contributed by atoms with Gasteiger partial charge in [0, 0.05) is 24.0 Å². The number of rotatable bonds is 3. The Hall–Kier alpha value is -1.84. The van der Waals surface area contributed by atoms with Gasteiger partial charge in [0.2, 0.25) is 0 Å². The maximum Gasteiger partial charge on any atom is 0.111 e. The Labute approximate surface area is 141 Å². The van der Waals surface area contributed by atoms with E-state index in [2.05, 4.69) is 47.1 Å². The summed E-state index contributed by atoms with van der Waals surface area (Å²) in [6, 6.07) is 14.5. The number of benzene rings is 2. The molecule has 0 amide bonds. The van der Waals surface area contributed by atoms with Crippen LogP contribution < -0.4 is 0 Å². The first-order chi connectivity index (χ1) is 11.2. The molecule has 118 valence electrons. The first-order valence-corrected chi connectivity index (χ1v) is 8.48. The predicted molar refractivity (Wildman–Crippen MR) is 94.9 cm³/mol. The average molecular weight is 326 g/mol. The summed E-state index contributed by atoms with van der Waals surface area (Å²) in [7, 11) is 0. The number of imidazole rings is 1. The first kappa shape index (κ1) is 14.7. The van der Waals surface area contributed by atoms with E-state index in [4.69, 9.17) is 16.6 Å². The van der Waals surface area contributed by atoms with Crippen LogP contribution in [0.3, 0.4) is 0 Å². The summed E-state index contributed by atoms with van der Waals surface area (Å²) in [4.78, 5) is 10.8. The Morgan fingerprint density at radius 2 is 2.04 bits per heavy atom. The fraction of sp³-hybridized carbons (Fsp3) is 0.316. The minimum atomic E-state index is 0.495. The van der Waals surface area contributed by atoms with Crippen LogP contribution in [0.1, 0.15) is 29.3 Å². The SMILES string of the molecule is Cc1ccc2nc([C@H]3CCN(Cc4ccc(Cl)cc4)C3)[nH]c2c1. The van der Waals surface area contributed by atoms with Crippen LogP contribution in [-0.4, -0.2) is 28.0 Å². The van der Waals surface area contributed by atoms with Crippen molar-refractivity contribution in [2.75, 3.05) is 13.1 Å². The van der Waals surface area contributed by atoms with Gasteiger partial charge in [-0.3, -0.25) is 4.90 Å². The molecular weight excluding hydrogens is 306 g/mol. The third kappa shape index (κ3) is 3.12. The number of aromatic amines is 1. The second-order valence-corrected chi connectivity index (χ2v) is 6.93. The van der Waals surface area contributed by atoms with Gasteiger partial charge in [-0.2, -0.15) is 0 Å². The fourth-order valence-corrected chi connectivity index (χ4v) is 3.51. The number of nitrogens with one attached hydrogen (secondary N) is 1. The number of fused-ring (bicyclic) bond motifs is 1. The molecule has 0 aliphatic carbocycles. The number of nitrogens with zero attached hydrogens (tertiary/aromatic N) is 2. The fourth-order valence-electron chi connectivity index (χ4n) is 3.38. The Kier molecular flexibility index (Phi) is 3.83. The topological polar surface area (TPSA) is 31.9 Å². The zero-order valence-corrected chi connectivity index (χ0v) is 14.0. The molecule has 0 saturated carbocycles. The maximum absolute atomic E-state index is 5.96. The van der Waals surface area contributed by atoms with Gasteiger partial charge in [-0.15, -0.1) is 0 Å². The van der Waals surface area contributed by atoms with Crippen LogP contribution in [-0.2, 0) is 6.54 Å². The van der Waals surface area contributed by atoms with Gasteiger partial charge in [0.25, 0.3) is 0 Å². The predicted octanol–water partition coefficient (Wildman–Crippen LogP) is 4.51. The minimum absolute atomic E-state index is 0.495. The van der Waals surface area contributed by atoms with Crippen LogP contribution in [0.15, 0.2) is 42.5 Å². The summed E-state index contributed by atoms with van der Waals surface area (Å²) >= 11 is 5.96. The summed E-state index contributed by atoms with van der Waals surface area (Å²) in [5, 5.41) is 0.797.